The molecule has 1 saturated heterocycles. The highest BCUT2D eigenvalue weighted by Crippen LogP contribution is 2.35. The van der Waals surface area contributed by atoms with E-state index in [4.69, 9.17) is 0 Å². The Morgan fingerprint density at radius 1 is 1.07 bits per heavy atom. The number of anilines is 1. The van der Waals surface area contributed by atoms with Crippen LogP contribution in [0.15, 0.2) is 52.3 Å². The summed E-state index contributed by atoms with van der Waals surface area (Å²) in [6.45, 7) is 6.57. The first-order valence-electron chi connectivity index (χ1n) is 10.1. The number of fused-ring (bicyclic) bond motifs is 1. The van der Waals surface area contributed by atoms with Crippen molar-refractivity contribution >= 4 is 27.9 Å². The van der Waals surface area contributed by atoms with Crippen LogP contribution in [-0.4, -0.2) is 45.5 Å². The lowest BCUT2D eigenvalue weighted by molar-refractivity contribution is 0.210. The van der Waals surface area contributed by atoms with Crippen LogP contribution >= 0.6 is 12.4 Å². The maximum Gasteiger partial charge on any atom is 0.209 e. The predicted octanol–water partition coefficient (Wildman–Crippen LogP) is 4.32. The Morgan fingerprint density at radius 3 is 2.48 bits per heavy atom. The van der Waals surface area contributed by atoms with Gasteiger partial charge in [-0.2, -0.15) is 0 Å². The first-order chi connectivity index (χ1) is 13.5. The summed E-state index contributed by atoms with van der Waals surface area (Å²) in [5.41, 5.74) is 2.19. The molecule has 158 valence electrons. The number of piperidine rings is 1. The first-order valence-corrected chi connectivity index (χ1v) is 11.6. The van der Waals surface area contributed by atoms with Gasteiger partial charge >= 0.3 is 0 Å². The van der Waals surface area contributed by atoms with Gasteiger partial charge in [0.05, 0.1) is 4.90 Å². The van der Waals surface area contributed by atoms with E-state index in [1.54, 1.807) is 18.2 Å². The SMILES string of the molecule is CCCN1CCC(N2CCc3cc(S(=O)(=O)c4ccccc4F)ccc32)CC1.Cl. The molecule has 2 aliphatic rings. The predicted molar refractivity (Wildman–Crippen MR) is 116 cm³/mol. The molecule has 7 heteroatoms. The van der Waals surface area contributed by atoms with Crippen molar-refractivity contribution < 1.29 is 12.8 Å². The monoisotopic (exact) mass is 438 g/mol. The number of halogens is 2. The van der Waals surface area contributed by atoms with Crippen LogP contribution in [0.2, 0.25) is 0 Å². The molecule has 0 saturated carbocycles. The molecule has 0 bridgehead atoms. The molecule has 0 atom stereocenters. The van der Waals surface area contributed by atoms with Crippen molar-refractivity contribution in [1.29, 1.82) is 0 Å². The van der Waals surface area contributed by atoms with Crippen LogP contribution < -0.4 is 4.90 Å². The molecule has 0 spiro atoms. The summed E-state index contributed by atoms with van der Waals surface area (Å²) in [5.74, 6) is -0.705. The minimum atomic E-state index is -3.85. The maximum absolute atomic E-state index is 14.0. The minimum Gasteiger partial charge on any atom is -0.368 e. The zero-order chi connectivity index (χ0) is 19.7. The fourth-order valence-corrected chi connectivity index (χ4v) is 5.89. The van der Waals surface area contributed by atoms with Gasteiger partial charge in [-0.25, -0.2) is 12.8 Å². The Labute approximate surface area is 179 Å². The highest BCUT2D eigenvalue weighted by molar-refractivity contribution is 7.91. The van der Waals surface area contributed by atoms with Crippen LogP contribution in [0, 0.1) is 5.82 Å². The molecule has 0 unspecified atom stereocenters. The van der Waals surface area contributed by atoms with Crippen molar-refractivity contribution in [3.05, 3.63) is 53.8 Å². The molecule has 4 rings (SSSR count). The maximum atomic E-state index is 14.0. The van der Waals surface area contributed by atoms with Gasteiger partial charge in [-0.1, -0.05) is 19.1 Å². The number of likely N-dealkylation sites (tertiary alicyclic amines) is 1. The topological polar surface area (TPSA) is 40.6 Å². The molecular weight excluding hydrogens is 411 g/mol. The van der Waals surface area contributed by atoms with Crippen LogP contribution in [0.25, 0.3) is 0 Å². The molecule has 0 N–H and O–H groups in total. The number of benzene rings is 2. The van der Waals surface area contributed by atoms with E-state index in [-0.39, 0.29) is 22.2 Å². The highest BCUT2D eigenvalue weighted by Gasteiger charge is 2.30. The Balaban J connectivity index is 0.00000240. The third-order valence-corrected chi connectivity index (χ3v) is 7.74. The zero-order valence-electron chi connectivity index (χ0n) is 16.7. The van der Waals surface area contributed by atoms with Crippen molar-refractivity contribution in [2.45, 2.75) is 48.4 Å². The van der Waals surface area contributed by atoms with Crippen LogP contribution in [0.5, 0.6) is 0 Å². The van der Waals surface area contributed by atoms with E-state index in [0.717, 1.165) is 50.1 Å². The summed E-state index contributed by atoms with van der Waals surface area (Å²) in [6, 6.07) is 11.4. The summed E-state index contributed by atoms with van der Waals surface area (Å²) in [5, 5.41) is 0. The van der Waals surface area contributed by atoms with Gasteiger partial charge in [0.15, 0.2) is 0 Å². The third-order valence-electron chi connectivity index (χ3n) is 5.96. The van der Waals surface area contributed by atoms with E-state index >= 15 is 0 Å². The van der Waals surface area contributed by atoms with Crippen molar-refractivity contribution in [3.63, 3.8) is 0 Å². The number of sulfone groups is 1. The Bertz CT molecular complexity index is 959. The van der Waals surface area contributed by atoms with Gasteiger partial charge in [0.25, 0.3) is 0 Å². The second-order valence-corrected chi connectivity index (χ2v) is 9.66. The zero-order valence-corrected chi connectivity index (χ0v) is 18.3. The average molecular weight is 439 g/mol. The molecule has 2 heterocycles. The quantitative estimate of drug-likeness (QED) is 0.697. The Morgan fingerprint density at radius 2 is 1.79 bits per heavy atom. The number of hydrogen-bond acceptors (Lipinski definition) is 4. The fraction of sp³-hybridized carbons (Fsp3) is 0.455. The number of rotatable bonds is 5. The van der Waals surface area contributed by atoms with Gasteiger partial charge in [-0.15, -0.1) is 12.4 Å². The molecule has 1 fully saturated rings. The second-order valence-electron chi connectivity index (χ2n) is 7.74. The van der Waals surface area contributed by atoms with E-state index < -0.39 is 15.7 Å². The molecule has 29 heavy (non-hydrogen) atoms. The van der Waals surface area contributed by atoms with Crippen molar-refractivity contribution in [2.24, 2.45) is 0 Å². The average Bonchev–Trinajstić information content (AvgIpc) is 3.12. The van der Waals surface area contributed by atoms with E-state index in [9.17, 15) is 12.8 Å². The molecule has 0 aromatic heterocycles. The fourth-order valence-electron chi connectivity index (χ4n) is 4.51. The summed E-state index contributed by atoms with van der Waals surface area (Å²) < 4.78 is 39.8. The Kier molecular flexibility index (Phi) is 6.87. The first kappa shape index (κ1) is 22.1. The standard InChI is InChI=1S/C22H27FN2O2S.ClH/c1-2-12-24-13-10-18(11-14-24)25-15-9-17-16-19(7-8-21(17)25)28(26,27)22-6-4-3-5-20(22)23;/h3-8,16,18H,2,9-15H2,1H3;1H. The lowest BCUT2D eigenvalue weighted by Gasteiger charge is -2.38. The molecular formula is C22H28ClFN2O2S. The third kappa shape index (κ3) is 4.30. The molecule has 0 amide bonds. The molecule has 2 aliphatic heterocycles. The van der Waals surface area contributed by atoms with E-state index in [1.165, 1.54) is 31.2 Å². The summed E-state index contributed by atoms with van der Waals surface area (Å²) in [7, 11) is -3.85. The van der Waals surface area contributed by atoms with Crippen LogP contribution in [0.3, 0.4) is 0 Å². The van der Waals surface area contributed by atoms with E-state index in [2.05, 4.69) is 16.7 Å². The van der Waals surface area contributed by atoms with Gasteiger partial charge in [-0.05, 0) is 68.1 Å². The summed E-state index contributed by atoms with van der Waals surface area (Å²) >= 11 is 0. The van der Waals surface area contributed by atoms with E-state index in [1.807, 2.05) is 6.07 Å². The molecule has 2 aromatic rings. The van der Waals surface area contributed by atoms with Gasteiger partial charge in [0, 0.05) is 31.4 Å². The van der Waals surface area contributed by atoms with E-state index in [0.29, 0.717) is 6.04 Å². The van der Waals surface area contributed by atoms with Crippen LogP contribution in [0.4, 0.5) is 10.1 Å². The minimum absolute atomic E-state index is 0. The summed E-state index contributed by atoms with van der Waals surface area (Å²) in [4.78, 5) is 4.89. The molecule has 2 aromatic carbocycles. The highest BCUT2D eigenvalue weighted by atomic mass is 35.5. The smallest absolute Gasteiger partial charge is 0.209 e. The van der Waals surface area contributed by atoms with Crippen molar-refractivity contribution in [1.82, 2.24) is 4.90 Å². The lowest BCUT2D eigenvalue weighted by Crippen LogP contribution is -2.44. The number of nitrogens with zero attached hydrogens (tertiary/aromatic N) is 2. The van der Waals surface area contributed by atoms with Crippen molar-refractivity contribution in [2.75, 3.05) is 31.1 Å². The Hall–Kier alpha value is -1.63. The van der Waals surface area contributed by atoms with Crippen LogP contribution in [-0.2, 0) is 16.3 Å². The number of hydrogen-bond donors (Lipinski definition) is 0. The second kappa shape index (κ2) is 9.02. The van der Waals surface area contributed by atoms with Gasteiger partial charge < -0.3 is 9.80 Å². The molecule has 0 aliphatic carbocycles. The van der Waals surface area contributed by atoms with Gasteiger partial charge in [0.2, 0.25) is 9.84 Å². The summed E-state index contributed by atoms with van der Waals surface area (Å²) in [6.07, 6.45) is 4.32. The molecule has 0 radical (unpaired) electrons. The lowest BCUT2D eigenvalue weighted by atomic mass is 10.0. The van der Waals surface area contributed by atoms with Crippen molar-refractivity contribution in [3.8, 4) is 0 Å². The van der Waals surface area contributed by atoms with Gasteiger partial charge in [0.1, 0.15) is 10.7 Å². The molecule has 4 nitrogen and oxygen atoms in total. The van der Waals surface area contributed by atoms with Gasteiger partial charge in [-0.3, -0.25) is 0 Å². The largest absolute Gasteiger partial charge is 0.368 e. The van der Waals surface area contributed by atoms with Crippen LogP contribution in [0.1, 0.15) is 31.7 Å². The normalized spacial score (nSPS) is 17.8.